The second kappa shape index (κ2) is 4.76. The molecule has 0 radical (unpaired) electrons. The smallest absolute Gasteiger partial charge is 0.419 e. The summed E-state index contributed by atoms with van der Waals surface area (Å²) in [5, 5.41) is 0. The van der Waals surface area contributed by atoms with Crippen molar-refractivity contribution in [2.24, 2.45) is 0 Å². The Kier molecular flexibility index (Phi) is 3.29. The summed E-state index contributed by atoms with van der Waals surface area (Å²) in [6, 6.07) is 7.30. The van der Waals surface area contributed by atoms with E-state index in [2.05, 4.69) is 4.98 Å². The number of nitrogen functional groups attached to an aromatic ring is 1. The second-order valence-corrected chi connectivity index (χ2v) is 5.27. The van der Waals surface area contributed by atoms with E-state index >= 15 is 0 Å². The minimum absolute atomic E-state index is 0.443. The molecule has 0 saturated heterocycles. The zero-order chi connectivity index (χ0) is 14.0. The van der Waals surface area contributed by atoms with Crippen LogP contribution in [0, 0.1) is 0 Å². The van der Waals surface area contributed by atoms with Gasteiger partial charge < -0.3 is 10.5 Å². The van der Waals surface area contributed by atoms with Gasteiger partial charge in [0.1, 0.15) is 11.9 Å². The number of benzene rings is 1. The molecular formula is C14H17N3O2. The standard InChI is InChI=1S/C14H17N3O2/c1-14(2,3)19-13(18)17-8-12(16-9-17)10-4-6-11(15)7-5-10/h4-9H,15H2,1-3H3. The van der Waals surface area contributed by atoms with Crippen LogP contribution >= 0.6 is 0 Å². The van der Waals surface area contributed by atoms with Gasteiger partial charge in [0.2, 0.25) is 0 Å². The van der Waals surface area contributed by atoms with Gasteiger partial charge in [-0.25, -0.2) is 14.3 Å². The molecule has 2 N–H and O–H groups in total. The minimum atomic E-state index is -0.525. The predicted octanol–water partition coefficient (Wildman–Crippen LogP) is 2.92. The highest BCUT2D eigenvalue weighted by Gasteiger charge is 2.18. The highest BCUT2D eigenvalue weighted by atomic mass is 16.6. The summed E-state index contributed by atoms with van der Waals surface area (Å²) in [7, 11) is 0. The lowest BCUT2D eigenvalue weighted by atomic mass is 10.1. The number of ether oxygens (including phenoxy) is 1. The molecule has 0 saturated carbocycles. The number of hydrogen-bond acceptors (Lipinski definition) is 4. The molecule has 0 amide bonds. The van der Waals surface area contributed by atoms with Gasteiger partial charge in [0.25, 0.3) is 0 Å². The van der Waals surface area contributed by atoms with E-state index in [1.807, 2.05) is 32.9 Å². The van der Waals surface area contributed by atoms with Gasteiger partial charge in [-0.1, -0.05) is 12.1 Å². The Hall–Kier alpha value is -2.30. The van der Waals surface area contributed by atoms with Gasteiger partial charge >= 0.3 is 6.09 Å². The topological polar surface area (TPSA) is 70.1 Å². The molecule has 0 atom stereocenters. The molecule has 1 aromatic carbocycles. The summed E-state index contributed by atoms with van der Waals surface area (Å²) < 4.78 is 6.59. The van der Waals surface area contributed by atoms with E-state index in [1.165, 1.54) is 10.9 Å². The molecule has 0 fully saturated rings. The van der Waals surface area contributed by atoms with Crippen LogP contribution in [0.4, 0.5) is 10.5 Å². The van der Waals surface area contributed by atoms with Crippen LogP contribution in [0.1, 0.15) is 20.8 Å². The van der Waals surface area contributed by atoms with Gasteiger partial charge in [-0.3, -0.25) is 0 Å². The number of imidazole rings is 1. The molecule has 0 spiro atoms. The third kappa shape index (κ3) is 3.34. The first kappa shape index (κ1) is 13.1. The first-order valence-electron chi connectivity index (χ1n) is 5.98. The number of anilines is 1. The molecule has 0 bridgehead atoms. The van der Waals surface area contributed by atoms with Gasteiger partial charge in [-0.05, 0) is 32.9 Å². The van der Waals surface area contributed by atoms with Gasteiger partial charge in [-0.2, -0.15) is 0 Å². The van der Waals surface area contributed by atoms with Crippen LogP contribution in [0.25, 0.3) is 11.3 Å². The summed E-state index contributed by atoms with van der Waals surface area (Å²) in [5.74, 6) is 0. The predicted molar refractivity (Wildman–Crippen MR) is 73.7 cm³/mol. The number of aromatic nitrogens is 2. The molecule has 1 heterocycles. The fourth-order valence-electron chi connectivity index (χ4n) is 1.54. The molecular weight excluding hydrogens is 242 g/mol. The van der Waals surface area contributed by atoms with Crippen molar-refractivity contribution in [1.82, 2.24) is 9.55 Å². The van der Waals surface area contributed by atoms with E-state index in [0.717, 1.165) is 5.56 Å². The van der Waals surface area contributed by atoms with E-state index < -0.39 is 11.7 Å². The first-order chi connectivity index (χ1) is 8.85. The van der Waals surface area contributed by atoms with Gasteiger partial charge in [0.05, 0.1) is 5.69 Å². The van der Waals surface area contributed by atoms with Crippen molar-refractivity contribution >= 4 is 11.8 Å². The molecule has 1 aromatic heterocycles. The maximum Gasteiger partial charge on any atom is 0.419 e. The number of hydrogen-bond donors (Lipinski definition) is 1. The SMILES string of the molecule is CC(C)(C)OC(=O)n1cnc(-c2ccc(N)cc2)c1. The molecule has 2 rings (SSSR count). The normalized spacial score (nSPS) is 11.3. The molecule has 5 heteroatoms. The van der Waals surface area contributed by atoms with Gasteiger partial charge in [0.15, 0.2) is 0 Å². The Balaban J connectivity index is 2.19. The van der Waals surface area contributed by atoms with Crippen molar-refractivity contribution in [2.45, 2.75) is 26.4 Å². The van der Waals surface area contributed by atoms with Crippen LogP contribution in [0.3, 0.4) is 0 Å². The molecule has 5 nitrogen and oxygen atoms in total. The number of nitrogens with zero attached hydrogens (tertiary/aromatic N) is 2. The Labute approximate surface area is 112 Å². The van der Waals surface area contributed by atoms with Crippen LogP contribution in [0.2, 0.25) is 0 Å². The Morgan fingerprint density at radius 1 is 1.26 bits per heavy atom. The second-order valence-electron chi connectivity index (χ2n) is 5.27. The highest BCUT2D eigenvalue weighted by Crippen LogP contribution is 2.19. The lowest BCUT2D eigenvalue weighted by Gasteiger charge is -2.19. The fourth-order valence-corrected chi connectivity index (χ4v) is 1.54. The average Bonchev–Trinajstić information content (AvgIpc) is 2.77. The van der Waals surface area contributed by atoms with Gasteiger partial charge in [-0.15, -0.1) is 0 Å². The first-order valence-corrected chi connectivity index (χ1v) is 5.98. The molecule has 0 aliphatic rings. The highest BCUT2D eigenvalue weighted by molar-refractivity contribution is 5.73. The zero-order valence-electron chi connectivity index (χ0n) is 11.3. The third-order valence-electron chi connectivity index (χ3n) is 2.39. The summed E-state index contributed by atoms with van der Waals surface area (Å²) >= 11 is 0. The summed E-state index contributed by atoms with van der Waals surface area (Å²) in [4.78, 5) is 16.0. The molecule has 100 valence electrons. The zero-order valence-corrected chi connectivity index (χ0v) is 11.3. The summed E-state index contributed by atoms with van der Waals surface area (Å²) in [6.07, 6.45) is 2.64. The molecule has 0 aliphatic heterocycles. The van der Waals surface area contributed by atoms with Crippen molar-refractivity contribution in [2.75, 3.05) is 5.73 Å². The monoisotopic (exact) mass is 259 g/mol. The van der Waals surface area contributed by atoms with Gasteiger partial charge in [0, 0.05) is 17.4 Å². The van der Waals surface area contributed by atoms with E-state index in [-0.39, 0.29) is 0 Å². The number of rotatable bonds is 1. The third-order valence-corrected chi connectivity index (χ3v) is 2.39. The average molecular weight is 259 g/mol. The van der Waals surface area contributed by atoms with Crippen molar-refractivity contribution in [3.8, 4) is 11.3 Å². The summed E-state index contributed by atoms with van der Waals surface area (Å²) in [6.45, 7) is 5.47. The maximum atomic E-state index is 11.8. The van der Waals surface area contributed by atoms with Crippen LogP contribution in [-0.2, 0) is 4.74 Å². The van der Waals surface area contributed by atoms with Crippen molar-refractivity contribution in [3.63, 3.8) is 0 Å². The number of carbonyl (C=O) groups is 1. The Morgan fingerprint density at radius 3 is 2.47 bits per heavy atom. The molecule has 0 unspecified atom stereocenters. The summed E-state index contributed by atoms with van der Waals surface area (Å²) in [5.41, 5.74) is 7.39. The minimum Gasteiger partial charge on any atom is -0.443 e. The molecule has 0 aliphatic carbocycles. The van der Waals surface area contributed by atoms with E-state index in [0.29, 0.717) is 11.4 Å². The van der Waals surface area contributed by atoms with Crippen molar-refractivity contribution < 1.29 is 9.53 Å². The van der Waals surface area contributed by atoms with E-state index in [4.69, 9.17) is 10.5 Å². The largest absolute Gasteiger partial charge is 0.443 e. The van der Waals surface area contributed by atoms with Crippen LogP contribution in [0.15, 0.2) is 36.8 Å². The van der Waals surface area contributed by atoms with Crippen molar-refractivity contribution in [3.05, 3.63) is 36.8 Å². The molecule has 2 aromatic rings. The van der Waals surface area contributed by atoms with Crippen LogP contribution in [0.5, 0.6) is 0 Å². The number of nitrogens with two attached hydrogens (primary N) is 1. The Morgan fingerprint density at radius 2 is 1.89 bits per heavy atom. The Bertz CT molecular complexity index is 579. The van der Waals surface area contributed by atoms with E-state index in [9.17, 15) is 4.79 Å². The quantitative estimate of drug-likeness (QED) is 0.799. The number of carbonyl (C=O) groups excluding carboxylic acids is 1. The maximum absolute atomic E-state index is 11.8. The van der Waals surface area contributed by atoms with E-state index in [1.54, 1.807) is 18.3 Å². The van der Waals surface area contributed by atoms with Crippen LogP contribution in [-0.4, -0.2) is 21.2 Å². The lowest BCUT2D eigenvalue weighted by molar-refractivity contribution is 0.0536. The van der Waals surface area contributed by atoms with Crippen LogP contribution < -0.4 is 5.73 Å². The molecule has 19 heavy (non-hydrogen) atoms. The van der Waals surface area contributed by atoms with Crippen molar-refractivity contribution in [1.29, 1.82) is 0 Å². The lowest BCUT2D eigenvalue weighted by Crippen LogP contribution is -2.26. The fraction of sp³-hybridized carbons (Fsp3) is 0.286.